The summed E-state index contributed by atoms with van der Waals surface area (Å²) in [5.41, 5.74) is 1.30. The highest BCUT2D eigenvalue weighted by Crippen LogP contribution is 2.36. The van der Waals surface area contributed by atoms with Crippen molar-refractivity contribution in [2.75, 3.05) is 0 Å². The van der Waals surface area contributed by atoms with Crippen LogP contribution in [0.15, 0.2) is 82.4 Å². The highest BCUT2D eigenvalue weighted by Gasteiger charge is 2.33. The van der Waals surface area contributed by atoms with Crippen molar-refractivity contribution < 1.29 is 17.4 Å². The Morgan fingerprint density at radius 1 is 0.943 bits per heavy atom. The minimum absolute atomic E-state index is 0.178. The van der Waals surface area contributed by atoms with Gasteiger partial charge < -0.3 is 0 Å². The number of rotatable bonds is 8. The molecule has 4 nitrogen and oxygen atoms in total. The van der Waals surface area contributed by atoms with Crippen LogP contribution in [0.5, 0.6) is 0 Å². The molecule has 0 saturated heterocycles. The molecule has 0 fully saturated rings. The van der Waals surface area contributed by atoms with E-state index in [9.17, 15) is 17.4 Å². The van der Waals surface area contributed by atoms with Gasteiger partial charge in [-0.3, -0.25) is 8.78 Å². The molecule has 1 aromatic heterocycles. The van der Waals surface area contributed by atoms with Crippen LogP contribution in [0.3, 0.4) is 0 Å². The molecular formula is C24H18BrClF3N3OS2. The quantitative estimate of drug-likeness (QED) is 0.197. The second-order valence-corrected chi connectivity index (χ2v) is 11.2. The summed E-state index contributed by atoms with van der Waals surface area (Å²) in [6.45, 7) is 0. The van der Waals surface area contributed by atoms with Gasteiger partial charge in [0.15, 0.2) is 11.0 Å². The van der Waals surface area contributed by atoms with Crippen molar-refractivity contribution in [2.45, 2.75) is 28.6 Å². The number of halogens is 5. The molecule has 182 valence electrons. The first-order chi connectivity index (χ1) is 16.7. The number of thioether (sulfide) groups is 1. The Hall–Kier alpha value is -2.14. The van der Waals surface area contributed by atoms with Gasteiger partial charge in [0.05, 0.1) is 16.3 Å². The smallest absolute Gasteiger partial charge is 0.273 e. The SMILES string of the molecule is O=S(Cc1ccc(Br)cc1)Cc1nnc(SCc2ccc(Cl)c(C(F)(F)F)c2)n1-c1ccccc1. The maximum Gasteiger partial charge on any atom is 0.417 e. The van der Waals surface area contributed by atoms with E-state index in [2.05, 4.69) is 26.1 Å². The highest BCUT2D eigenvalue weighted by atomic mass is 79.9. The summed E-state index contributed by atoms with van der Waals surface area (Å²) < 4.78 is 55.3. The van der Waals surface area contributed by atoms with E-state index in [1.165, 1.54) is 17.8 Å². The molecule has 1 heterocycles. The fraction of sp³-hybridized carbons (Fsp3) is 0.167. The Bertz CT molecular complexity index is 1330. The van der Waals surface area contributed by atoms with Crippen LogP contribution in [0.2, 0.25) is 5.02 Å². The van der Waals surface area contributed by atoms with E-state index in [-0.39, 0.29) is 16.5 Å². The summed E-state index contributed by atoms with van der Waals surface area (Å²) in [7, 11) is -1.24. The van der Waals surface area contributed by atoms with Gasteiger partial charge in [0, 0.05) is 32.5 Å². The third-order valence-electron chi connectivity index (χ3n) is 4.95. The molecule has 1 atom stereocenters. The average molecular weight is 601 g/mol. The number of benzene rings is 3. The minimum atomic E-state index is -4.53. The van der Waals surface area contributed by atoms with Crippen molar-refractivity contribution in [3.63, 3.8) is 0 Å². The van der Waals surface area contributed by atoms with E-state index in [1.54, 1.807) is 10.6 Å². The van der Waals surface area contributed by atoms with Gasteiger partial charge in [0.1, 0.15) is 0 Å². The van der Waals surface area contributed by atoms with Gasteiger partial charge in [-0.15, -0.1) is 10.2 Å². The normalized spacial score (nSPS) is 12.6. The van der Waals surface area contributed by atoms with E-state index >= 15 is 0 Å². The number of hydrogen-bond acceptors (Lipinski definition) is 4. The molecule has 0 bridgehead atoms. The van der Waals surface area contributed by atoms with Crippen molar-refractivity contribution >= 4 is 50.1 Å². The molecule has 0 spiro atoms. The summed E-state index contributed by atoms with van der Waals surface area (Å²) in [6, 6.07) is 20.8. The van der Waals surface area contributed by atoms with E-state index in [0.29, 0.717) is 22.3 Å². The van der Waals surface area contributed by atoms with Crippen LogP contribution >= 0.6 is 39.3 Å². The zero-order chi connectivity index (χ0) is 25.0. The van der Waals surface area contributed by atoms with Crippen LogP contribution in [0, 0.1) is 0 Å². The third-order valence-corrected chi connectivity index (χ3v) is 8.04. The summed E-state index contributed by atoms with van der Waals surface area (Å²) >= 11 is 10.4. The molecule has 3 aromatic carbocycles. The number of hydrogen-bond donors (Lipinski definition) is 0. The summed E-state index contributed by atoms with van der Waals surface area (Å²) in [4.78, 5) is 0. The molecule has 0 aliphatic carbocycles. The fourth-order valence-corrected chi connectivity index (χ4v) is 5.86. The molecule has 0 saturated carbocycles. The molecule has 11 heteroatoms. The Balaban J connectivity index is 1.56. The average Bonchev–Trinajstić information content (AvgIpc) is 3.22. The van der Waals surface area contributed by atoms with E-state index in [0.717, 1.165) is 21.8 Å². The van der Waals surface area contributed by atoms with E-state index in [4.69, 9.17) is 11.6 Å². The largest absolute Gasteiger partial charge is 0.417 e. The zero-order valence-electron chi connectivity index (χ0n) is 18.0. The van der Waals surface area contributed by atoms with Crippen molar-refractivity contribution in [1.82, 2.24) is 14.8 Å². The number of nitrogens with zero attached hydrogens (tertiary/aromatic N) is 3. The number of alkyl halides is 3. The fourth-order valence-electron chi connectivity index (χ4n) is 3.31. The lowest BCUT2D eigenvalue weighted by molar-refractivity contribution is -0.137. The van der Waals surface area contributed by atoms with Gasteiger partial charge in [-0.25, -0.2) is 0 Å². The van der Waals surface area contributed by atoms with Crippen LogP contribution in [0.1, 0.15) is 22.5 Å². The lowest BCUT2D eigenvalue weighted by atomic mass is 10.1. The molecule has 1 unspecified atom stereocenters. The van der Waals surface area contributed by atoms with E-state index < -0.39 is 22.5 Å². The van der Waals surface area contributed by atoms with Gasteiger partial charge in [0.2, 0.25) is 0 Å². The van der Waals surface area contributed by atoms with Gasteiger partial charge >= 0.3 is 6.18 Å². The van der Waals surface area contributed by atoms with Gasteiger partial charge in [-0.05, 0) is 47.5 Å². The maximum atomic E-state index is 13.2. The first-order valence-corrected chi connectivity index (χ1v) is 13.9. The second-order valence-electron chi connectivity index (χ2n) is 7.53. The van der Waals surface area contributed by atoms with Crippen LogP contribution in [0.4, 0.5) is 13.2 Å². The second kappa shape index (κ2) is 11.3. The highest BCUT2D eigenvalue weighted by molar-refractivity contribution is 9.10. The van der Waals surface area contributed by atoms with Gasteiger partial charge in [-0.1, -0.05) is 75.7 Å². The first kappa shape index (κ1) is 25.9. The van der Waals surface area contributed by atoms with Crippen molar-refractivity contribution in [3.8, 4) is 5.69 Å². The Morgan fingerprint density at radius 3 is 2.31 bits per heavy atom. The molecule has 0 aliphatic heterocycles. The van der Waals surface area contributed by atoms with Crippen LogP contribution < -0.4 is 0 Å². The first-order valence-electron chi connectivity index (χ1n) is 10.3. The van der Waals surface area contributed by atoms with Crippen LogP contribution in [-0.4, -0.2) is 19.0 Å². The lowest BCUT2D eigenvalue weighted by Gasteiger charge is -2.12. The third kappa shape index (κ3) is 6.75. The molecule has 4 aromatic rings. The molecule has 0 amide bonds. The molecule has 0 aliphatic rings. The zero-order valence-corrected chi connectivity index (χ0v) is 22.0. The Labute approximate surface area is 220 Å². The Morgan fingerprint density at radius 2 is 1.63 bits per heavy atom. The topological polar surface area (TPSA) is 47.8 Å². The molecule has 35 heavy (non-hydrogen) atoms. The monoisotopic (exact) mass is 599 g/mol. The molecular weight excluding hydrogens is 583 g/mol. The van der Waals surface area contributed by atoms with Crippen molar-refractivity contribution in [1.29, 1.82) is 0 Å². The molecule has 0 N–H and O–H groups in total. The predicted octanol–water partition coefficient (Wildman–Crippen LogP) is 7.44. The maximum absolute atomic E-state index is 13.2. The van der Waals surface area contributed by atoms with Crippen molar-refractivity contribution in [3.05, 3.63) is 105 Å². The lowest BCUT2D eigenvalue weighted by Crippen LogP contribution is -2.08. The van der Waals surface area contributed by atoms with Crippen LogP contribution in [-0.2, 0) is 34.2 Å². The molecule has 0 radical (unpaired) electrons. The Kier molecular flexibility index (Phi) is 8.36. The summed E-state index contributed by atoms with van der Waals surface area (Å²) in [5.74, 6) is 1.29. The summed E-state index contributed by atoms with van der Waals surface area (Å²) in [5, 5.41) is 8.67. The number of aromatic nitrogens is 3. The predicted molar refractivity (Wildman–Crippen MR) is 137 cm³/mol. The van der Waals surface area contributed by atoms with Gasteiger partial charge in [0.25, 0.3) is 0 Å². The van der Waals surface area contributed by atoms with Gasteiger partial charge in [-0.2, -0.15) is 13.2 Å². The van der Waals surface area contributed by atoms with Crippen LogP contribution in [0.25, 0.3) is 5.69 Å². The minimum Gasteiger partial charge on any atom is -0.273 e. The molecule has 4 rings (SSSR count). The number of para-hydroxylation sites is 1. The summed E-state index contributed by atoms with van der Waals surface area (Å²) in [6.07, 6.45) is -4.53. The standard InChI is InChI=1S/C24H18BrClF3N3OS2/c25-18-9-6-16(7-10-18)14-35(33)15-22-30-31-23(32(22)19-4-2-1-3-5-19)34-13-17-8-11-21(26)20(12-17)24(27,28)29/h1-12H,13-15H2. The van der Waals surface area contributed by atoms with E-state index in [1.807, 2.05) is 54.6 Å². The van der Waals surface area contributed by atoms with Crippen molar-refractivity contribution in [2.24, 2.45) is 0 Å².